The van der Waals surface area contributed by atoms with Gasteiger partial charge in [-0.25, -0.2) is 4.79 Å². The molecule has 0 saturated heterocycles. The van der Waals surface area contributed by atoms with E-state index in [0.29, 0.717) is 10.2 Å². The van der Waals surface area contributed by atoms with Crippen LogP contribution in [0.2, 0.25) is 0 Å². The summed E-state index contributed by atoms with van der Waals surface area (Å²) in [6, 6.07) is 12.9. The third-order valence-electron chi connectivity index (χ3n) is 3.52. The molecule has 0 aliphatic carbocycles. The lowest BCUT2D eigenvalue weighted by atomic mass is 10.2. The molecule has 1 amide bonds. The Kier molecular flexibility index (Phi) is 4.99. The van der Waals surface area contributed by atoms with Crippen LogP contribution in [0.4, 0.5) is 11.4 Å². The zero-order chi connectivity index (χ0) is 18.7. The summed E-state index contributed by atoms with van der Waals surface area (Å²) >= 11 is 3.15. The second kappa shape index (κ2) is 7.36. The number of anilines is 1. The lowest BCUT2D eigenvalue weighted by Gasteiger charge is -2.07. The average molecular weight is 418 g/mol. The number of carbonyl (C=O) groups excluding carboxylic acids is 2. The molecule has 132 valence electrons. The molecule has 0 aliphatic heterocycles. The molecule has 3 rings (SSSR count). The number of fused-ring (bicyclic) bond motifs is 1. The molecule has 0 bridgehead atoms. The van der Waals surface area contributed by atoms with E-state index in [2.05, 4.69) is 26.2 Å². The number of nitro benzene ring substituents is 1. The highest BCUT2D eigenvalue weighted by atomic mass is 79.9. The predicted octanol–water partition coefficient (Wildman–Crippen LogP) is 3.63. The first kappa shape index (κ1) is 17.6. The molecule has 1 heterocycles. The number of non-ortho nitro benzene ring substituents is 1. The zero-order valence-electron chi connectivity index (χ0n) is 13.2. The van der Waals surface area contributed by atoms with Crippen LogP contribution < -0.4 is 5.32 Å². The molecule has 0 saturated carbocycles. The fraction of sp³-hybridized carbons (Fsp3) is 0.0588. The van der Waals surface area contributed by atoms with Gasteiger partial charge in [-0.15, -0.1) is 0 Å². The minimum absolute atomic E-state index is 0.111. The Bertz CT molecular complexity index is 982. The van der Waals surface area contributed by atoms with Gasteiger partial charge in [0.05, 0.1) is 10.6 Å². The Labute approximate surface area is 155 Å². The molecule has 9 heteroatoms. The van der Waals surface area contributed by atoms with Crippen LogP contribution in [-0.2, 0) is 9.53 Å². The van der Waals surface area contributed by atoms with E-state index in [1.165, 1.54) is 18.2 Å². The van der Waals surface area contributed by atoms with E-state index >= 15 is 0 Å². The second-order valence-corrected chi connectivity index (χ2v) is 6.17. The Balaban J connectivity index is 1.60. The standard InChI is InChI=1S/C17H12BrN3O5/c18-12-8-11(21(24)25)5-6-14(12)20-16(22)9-26-17(23)15-7-10-3-1-2-4-13(10)19-15/h1-8,19H,9H2,(H,20,22). The lowest BCUT2D eigenvalue weighted by Crippen LogP contribution is -2.21. The molecule has 0 unspecified atom stereocenters. The van der Waals surface area contributed by atoms with Gasteiger partial charge in [0, 0.05) is 27.5 Å². The minimum Gasteiger partial charge on any atom is -0.451 e. The topological polar surface area (TPSA) is 114 Å². The summed E-state index contributed by atoms with van der Waals surface area (Å²) in [5.74, 6) is -1.22. The maximum atomic E-state index is 12.0. The first-order chi connectivity index (χ1) is 12.4. The number of aromatic nitrogens is 1. The van der Waals surface area contributed by atoms with Crippen molar-refractivity contribution in [3.05, 3.63) is 68.8 Å². The molecule has 2 aromatic carbocycles. The number of nitrogens with one attached hydrogen (secondary N) is 2. The summed E-state index contributed by atoms with van der Waals surface area (Å²) in [6.45, 7) is -0.488. The van der Waals surface area contributed by atoms with Crippen LogP contribution >= 0.6 is 15.9 Å². The SMILES string of the molecule is O=C(COC(=O)c1cc2ccccc2[nH]1)Nc1ccc([N+](=O)[O-])cc1Br. The molecule has 0 aliphatic rings. The van der Waals surface area contributed by atoms with Crippen LogP contribution in [-0.4, -0.2) is 28.4 Å². The number of benzene rings is 2. The van der Waals surface area contributed by atoms with Gasteiger partial charge in [0.25, 0.3) is 11.6 Å². The van der Waals surface area contributed by atoms with Gasteiger partial charge < -0.3 is 15.0 Å². The van der Waals surface area contributed by atoms with Crippen molar-refractivity contribution in [3.8, 4) is 0 Å². The smallest absolute Gasteiger partial charge is 0.355 e. The Morgan fingerprint density at radius 2 is 1.96 bits per heavy atom. The lowest BCUT2D eigenvalue weighted by molar-refractivity contribution is -0.384. The Morgan fingerprint density at radius 3 is 2.65 bits per heavy atom. The number of hydrogen-bond acceptors (Lipinski definition) is 5. The summed E-state index contributed by atoms with van der Waals surface area (Å²) in [5.41, 5.74) is 1.26. The number of halogens is 1. The van der Waals surface area contributed by atoms with Crippen LogP contribution in [0.1, 0.15) is 10.5 Å². The van der Waals surface area contributed by atoms with Crippen LogP contribution in [0.15, 0.2) is 53.0 Å². The van der Waals surface area contributed by atoms with Crippen molar-refractivity contribution in [3.63, 3.8) is 0 Å². The summed E-state index contributed by atoms with van der Waals surface area (Å²) in [7, 11) is 0. The molecule has 8 nitrogen and oxygen atoms in total. The van der Waals surface area contributed by atoms with Crippen molar-refractivity contribution in [2.75, 3.05) is 11.9 Å². The molecule has 0 radical (unpaired) electrons. The molecule has 0 spiro atoms. The number of aromatic amines is 1. The van der Waals surface area contributed by atoms with Crippen LogP contribution in [0.25, 0.3) is 10.9 Å². The number of amides is 1. The van der Waals surface area contributed by atoms with Gasteiger partial charge >= 0.3 is 5.97 Å². The number of nitrogens with zero attached hydrogens (tertiary/aromatic N) is 1. The quantitative estimate of drug-likeness (QED) is 0.373. The van der Waals surface area contributed by atoms with Gasteiger partial charge in [-0.3, -0.25) is 14.9 Å². The number of rotatable bonds is 5. The number of hydrogen-bond donors (Lipinski definition) is 2. The van der Waals surface area contributed by atoms with E-state index in [1.54, 1.807) is 6.07 Å². The van der Waals surface area contributed by atoms with Gasteiger partial charge in [-0.1, -0.05) is 18.2 Å². The first-order valence-corrected chi connectivity index (χ1v) is 8.22. The highest BCUT2D eigenvalue weighted by molar-refractivity contribution is 9.10. The summed E-state index contributed by atoms with van der Waals surface area (Å²) in [5, 5.41) is 14.1. The van der Waals surface area contributed by atoms with Crippen LogP contribution in [0.3, 0.4) is 0 Å². The van der Waals surface area contributed by atoms with Crippen molar-refractivity contribution < 1.29 is 19.2 Å². The van der Waals surface area contributed by atoms with Crippen molar-refractivity contribution >= 4 is 50.1 Å². The summed E-state index contributed by atoms with van der Waals surface area (Å²) in [6.07, 6.45) is 0. The van der Waals surface area contributed by atoms with E-state index in [9.17, 15) is 19.7 Å². The maximum absolute atomic E-state index is 12.0. The third-order valence-corrected chi connectivity index (χ3v) is 4.18. The van der Waals surface area contributed by atoms with E-state index < -0.39 is 23.4 Å². The molecule has 3 aromatic rings. The monoisotopic (exact) mass is 417 g/mol. The number of carbonyl (C=O) groups is 2. The summed E-state index contributed by atoms with van der Waals surface area (Å²) in [4.78, 5) is 37.1. The van der Waals surface area contributed by atoms with Crippen LogP contribution in [0.5, 0.6) is 0 Å². The van der Waals surface area contributed by atoms with Crippen molar-refractivity contribution in [2.24, 2.45) is 0 Å². The molecule has 0 atom stereocenters. The predicted molar refractivity (Wildman–Crippen MR) is 98.0 cm³/mol. The Morgan fingerprint density at radius 1 is 1.19 bits per heavy atom. The fourth-order valence-electron chi connectivity index (χ4n) is 2.30. The second-order valence-electron chi connectivity index (χ2n) is 5.32. The van der Waals surface area contributed by atoms with Gasteiger partial charge in [0.15, 0.2) is 6.61 Å². The van der Waals surface area contributed by atoms with E-state index in [4.69, 9.17) is 4.74 Å². The molecule has 26 heavy (non-hydrogen) atoms. The molecular weight excluding hydrogens is 406 g/mol. The number of H-pyrrole nitrogens is 1. The largest absolute Gasteiger partial charge is 0.451 e. The molecule has 0 fully saturated rings. The molecule has 2 N–H and O–H groups in total. The van der Waals surface area contributed by atoms with Crippen molar-refractivity contribution in [1.82, 2.24) is 4.98 Å². The van der Waals surface area contributed by atoms with E-state index in [0.717, 1.165) is 10.9 Å². The van der Waals surface area contributed by atoms with Gasteiger partial charge in [0.1, 0.15) is 5.69 Å². The zero-order valence-corrected chi connectivity index (χ0v) is 14.8. The number of ether oxygens (including phenoxy) is 1. The average Bonchev–Trinajstić information content (AvgIpc) is 3.05. The fourth-order valence-corrected chi connectivity index (χ4v) is 2.76. The number of para-hydroxylation sites is 1. The van der Waals surface area contributed by atoms with E-state index in [1.807, 2.05) is 24.3 Å². The highest BCUT2D eigenvalue weighted by Gasteiger charge is 2.15. The van der Waals surface area contributed by atoms with Crippen molar-refractivity contribution in [1.29, 1.82) is 0 Å². The summed E-state index contributed by atoms with van der Waals surface area (Å²) < 4.78 is 5.34. The third kappa shape index (κ3) is 3.89. The minimum atomic E-state index is -0.654. The van der Waals surface area contributed by atoms with Gasteiger partial charge in [0.2, 0.25) is 0 Å². The molecule has 1 aromatic heterocycles. The molecular formula is C17H12BrN3O5. The van der Waals surface area contributed by atoms with Crippen LogP contribution in [0, 0.1) is 10.1 Å². The number of esters is 1. The maximum Gasteiger partial charge on any atom is 0.355 e. The van der Waals surface area contributed by atoms with Gasteiger partial charge in [-0.05, 0) is 34.1 Å². The number of nitro groups is 1. The first-order valence-electron chi connectivity index (χ1n) is 7.43. The van der Waals surface area contributed by atoms with Gasteiger partial charge in [-0.2, -0.15) is 0 Å². The highest BCUT2D eigenvalue weighted by Crippen LogP contribution is 2.27. The van der Waals surface area contributed by atoms with E-state index in [-0.39, 0.29) is 11.4 Å². The Hall–Kier alpha value is -3.20. The van der Waals surface area contributed by atoms with Crippen molar-refractivity contribution in [2.45, 2.75) is 0 Å². The normalized spacial score (nSPS) is 10.5.